The number of piperidine rings is 1. The number of benzene rings is 2. The van der Waals surface area contributed by atoms with Crippen LogP contribution in [0.1, 0.15) is 29.6 Å². The fraction of sp³-hybridized carbons (Fsp3) is 0.333. The number of carbonyl (C=O) groups excluding carboxylic acids is 2. The first-order chi connectivity index (χ1) is 14.6. The number of amides is 1. The van der Waals surface area contributed by atoms with Crippen LogP contribution in [0.2, 0.25) is 0 Å². The van der Waals surface area contributed by atoms with Gasteiger partial charge < -0.3 is 19.8 Å². The van der Waals surface area contributed by atoms with Crippen LogP contribution < -0.4 is 15.1 Å². The van der Waals surface area contributed by atoms with E-state index in [2.05, 4.69) is 20.5 Å². The van der Waals surface area contributed by atoms with Crippen LogP contribution >= 0.6 is 0 Å². The van der Waals surface area contributed by atoms with Crippen molar-refractivity contribution in [3.8, 4) is 0 Å². The van der Waals surface area contributed by atoms with Crippen molar-refractivity contribution in [2.75, 3.05) is 37.0 Å². The highest BCUT2D eigenvalue weighted by Gasteiger charge is 2.13. The Balaban J connectivity index is 1.36. The Bertz CT molecular complexity index is 1040. The Hall–Kier alpha value is -3.62. The minimum atomic E-state index is -0.476. The first kappa shape index (κ1) is 19.7. The van der Waals surface area contributed by atoms with Gasteiger partial charge in [0.15, 0.2) is 6.61 Å². The molecule has 1 saturated heterocycles. The maximum atomic E-state index is 12.3. The molecular formula is C21H23N5O4. The molecule has 0 aliphatic carbocycles. The fourth-order valence-corrected chi connectivity index (χ4v) is 3.46. The molecule has 1 aromatic heterocycles. The number of nitrogens with one attached hydrogen (secondary N) is 1. The molecule has 0 atom stereocenters. The van der Waals surface area contributed by atoms with Crippen molar-refractivity contribution in [2.45, 2.75) is 19.3 Å². The van der Waals surface area contributed by atoms with Gasteiger partial charge in [0.1, 0.15) is 11.0 Å². The number of hydrogen-bond donors (Lipinski definition) is 1. The lowest BCUT2D eigenvalue weighted by atomic mass is 10.1. The topological polar surface area (TPSA) is 98.6 Å². The van der Waals surface area contributed by atoms with E-state index in [0.29, 0.717) is 22.3 Å². The van der Waals surface area contributed by atoms with E-state index >= 15 is 0 Å². The molecule has 3 aromatic rings. The van der Waals surface area contributed by atoms with Crippen LogP contribution in [0.5, 0.6) is 0 Å². The molecule has 9 nitrogen and oxygen atoms in total. The summed E-state index contributed by atoms with van der Waals surface area (Å²) >= 11 is 0. The molecular weight excluding hydrogens is 386 g/mol. The Morgan fingerprint density at radius 1 is 1.07 bits per heavy atom. The van der Waals surface area contributed by atoms with E-state index in [0.717, 1.165) is 17.9 Å². The first-order valence-electron chi connectivity index (χ1n) is 9.86. The van der Waals surface area contributed by atoms with Crippen molar-refractivity contribution in [3.63, 3.8) is 0 Å². The number of carbonyl (C=O) groups is 2. The van der Waals surface area contributed by atoms with E-state index in [9.17, 15) is 9.59 Å². The Morgan fingerprint density at radius 3 is 2.57 bits per heavy atom. The zero-order valence-electron chi connectivity index (χ0n) is 16.7. The Labute approximate surface area is 173 Å². The summed E-state index contributed by atoms with van der Waals surface area (Å²) < 4.78 is 4.72. The van der Waals surface area contributed by atoms with Crippen molar-refractivity contribution in [1.82, 2.24) is 15.2 Å². The van der Waals surface area contributed by atoms with Gasteiger partial charge in [-0.25, -0.2) is 4.79 Å². The van der Waals surface area contributed by atoms with Crippen LogP contribution in [0.3, 0.4) is 0 Å². The third-order valence-corrected chi connectivity index (χ3v) is 5.03. The zero-order valence-corrected chi connectivity index (χ0v) is 16.7. The van der Waals surface area contributed by atoms with Gasteiger partial charge in [-0.2, -0.15) is 0 Å². The van der Waals surface area contributed by atoms with Gasteiger partial charge in [0.05, 0.1) is 12.7 Å². The van der Waals surface area contributed by atoms with Crippen LogP contribution in [-0.2, 0) is 9.53 Å². The van der Waals surface area contributed by atoms with E-state index in [1.165, 1.54) is 32.1 Å². The number of hydrogen-bond acceptors (Lipinski definition) is 7. The van der Waals surface area contributed by atoms with Crippen LogP contribution in [0.15, 0.2) is 42.5 Å². The molecule has 9 heteroatoms. The lowest BCUT2D eigenvalue weighted by molar-refractivity contribution is -0.121. The van der Waals surface area contributed by atoms with E-state index in [1.807, 2.05) is 24.3 Å². The third kappa shape index (κ3) is 4.35. The summed E-state index contributed by atoms with van der Waals surface area (Å²) in [4.78, 5) is 32.9. The quantitative estimate of drug-likeness (QED) is 0.624. The number of anilines is 2. The molecule has 0 spiro atoms. The molecule has 2 heterocycles. The average molecular weight is 409 g/mol. The van der Waals surface area contributed by atoms with Crippen LogP contribution in [0, 0.1) is 0 Å². The zero-order chi connectivity index (χ0) is 20.9. The molecule has 1 N–H and O–H groups in total. The molecule has 1 fully saturated rings. The maximum absolute atomic E-state index is 12.3. The van der Waals surface area contributed by atoms with Gasteiger partial charge in [-0.3, -0.25) is 4.79 Å². The molecule has 30 heavy (non-hydrogen) atoms. The SMILES string of the molecule is COC(=O)c1ccc2nnn(OCC(=O)Nc3ccc(N4CCCCC4)cc3)c2c1. The molecule has 1 amide bonds. The van der Waals surface area contributed by atoms with Crippen molar-refractivity contribution in [2.24, 2.45) is 0 Å². The van der Waals surface area contributed by atoms with Gasteiger partial charge in [-0.15, -0.1) is 5.10 Å². The second-order valence-corrected chi connectivity index (χ2v) is 7.07. The summed E-state index contributed by atoms with van der Waals surface area (Å²) in [5.74, 6) is -0.802. The van der Waals surface area contributed by atoms with E-state index in [4.69, 9.17) is 9.57 Å². The second kappa shape index (κ2) is 8.81. The highest BCUT2D eigenvalue weighted by atomic mass is 16.7. The summed E-state index contributed by atoms with van der Waals surface area (Å²) in [5.41, 5.74) is 3.21. The number of fused-ring (bicyclic) bond motifs is 1. The fourth-order valence-electron chi connectivity index (χ4n) is 3.46. The van der Waals surface area contributed by atoms with Crippen LogP contribution in [0.4, 0.5) is 11.4 Å². The number of nitrogens with zero attached hydrogens (tertiary/aromatic N) is 4. The highest BCUT2D eigenvalue weighted by molar-refractivity contribution is 5.93. The monoisotopic (exact) mass is 409 g/mol. The largest absolute Gasteiger partial charge is 0.465 e. The number of ether oxygens (including phenoxy) is 1. The van der Waals surface area contributed by atoms with Gasteiger partial charge in [0.2, 0.25) is 0 Å². The number of esters is 1. The molecule has 0 bridgehead atoms. The van der Waals surface area contributed by atoms with Crippen LogP contribution in [-0.4, -0.2) is 53.8 Å². The van der Waals surface area contributed by atoms with Crippen molar-refractivity contribution < 1.29 is 19.2 Å². The Morgan fingerprint density at radius 2 is 1.83 bits per heavy atom. The minimum absolute atomic E-state index is 0.255. The van der Waals surface area contributed by atoms with E-state index in [1.54, 1.807) is 18.2 Å². The van der Waals surface area contributed by atoms with Gasteiger partial charge >= 0.3 is 5.97 Å². The molecule has 4 rings (SSSR count). The summed E-state index contributed by atoms with van der Waals surface area (Å²) in [6.45, 7) is 1.89. The predicted octanol–water partition coefficient (Wildman–Crippen LogP) is 2.28. The third-order valence-electron chi connectivity index (χ3n) is 5.03. The highest BCUT2D eigenvalue weighted by Crippen LogP contribution is 2.21. The molecule has 0 saturated carbocycles. The second-order valence-electron chi connectivity index (χ2n) is 7.07. The van der Waals surface area contributed by atoms with Gasteiger partial charge in [-0.1, -0.05) is 4.85 Å². The summed E-state index contributed by atoms with van der Waals surface area (Å²) in [5, 5.41) is 10.6. The molecule has 2 aromatic carbocycles. The molecule has 1 aliphatic heterocycles. The van der Waals surface area contributed by atoms with Crippen molar-refractivity contribution in [3.05, 3.63) is 48.0 Å². The summed E-state index contributed by atoms with van der Waals surface area (Å²) in [6, 6.07) is 12.6. The predicted molar refractivity (Wildman–Crippen MR) is 111 cm³/mol. The average Bonchev–Trinajstić information content (AvgIpc) is 3.20. The normalized spacial score (nSPS) is 13.8. The minimum Gasteiger partial charge on any atom is -0.465 e. The Kier molecular flexibility index (Phi) is 5.78. The lowest BCUT2D eigenvalue weighted by Gasteiger charge is -2.28. The van der Waals surface area contributed by atoms with E-state index < -0.39 is 5.97 Å². The van der Waals surface area contributed by atoms with Crippen LogP contribution in [0.25, 0.3) is 11.0 Å². The summed E-state index contributed by atoms with van der Waals surface area (Å²) in [7, 11) is 1.31. The standard InChI is InChI=1S/C21H23N5O4/c1-29-21(28)15-5-10-18-19(13-15)26(24-23-18)30-14-20(27)22-16-6-8-17(9-7-16)25-11-3-2-4-12-25/h5-10,13H,2-4,11-12,14H2,1H3,(H,22,27). The number of rotatable bonds is 6. The van der Waals surface area contributed by atoms with Gasteiger partial charge in [-0.05, 0) is 66.9 Å². The smallest absolute Gasteiger partial charge is 0.337 e. The molecule has 0 unspecified atom stereocenters. The van der Waals surface area contributed by atoms with Gasteiger partial charge in [0, 0.05) is 24.5 Å². The van der Waals surface area contributed by atoms with Gasteiger partial charge in [0.25, 0.3) is 5.91 Å². The molecule has 0 radical (unpaired) electrons. The lowest BCUT2D eigenvalue weighted by Crippen LogP contribution is -2.29. The van der Waals surface area contributed by atoms with Crippen molar-refractivity contribution >= 4 is 34.3 Å². The number of aromatic nitrogens is 3. The number of methoxy groups -OCH3 is 1. The van der Waals surface area contributed by atoms with Crippen molar-refractivity contribution in [1.29, 1.82) is 0 Å². The summed E-state index contributed by atoms with van der Waals surface area (Å²) in [6.07, 6.45) is 3.72. The molecule has 1 aliphatic rings. The first-order valence-corrected chi connectivity index (χ1v) is 9.86. The molecule has 156 valence electrons. The van der Waals surface area contributed by atoms with E-state index in [-0.39, 0.29) is 12.5 Å². The maximum Gasteiger partial charge on any atom is 0.337 e.